The van der Waals surface area contributed by atoms with E-state index >= 15 is 0 Å². The van der Waals surface area contributed by atoms with Crippen molar-refractivity contribution >= 4 is 40.0 Å². The third kappa shape index (κ3) is 3.92. The van der Waals surface area contributed by atoms with Crippen molar-refractivity contribution in [2.24, 2.45) is 0 Å². The molecule has 4 rings (SSSR count). The number of rotatable bonds is 3. The third-order valence-corrected chi connectivity index (χ3v) is 4.37. The van der Waals surface area contributed by atoms with Crippen LogP contribution in [-0.2, 0) is 0 Å². The quantitative estimate of drug-likeness (QED) is 0.488. The minimum Gasteiger partial charge on any atom is -0.436 e. The van der Waals surface area contributed by atoms with Crippen LogP contribution in [-0.4, -0.2) is 16.0 Å². The van der Waals surface area contributed by atoms with Crippen LogP contribution in [0.25, 0.3) is 22.6 Å². The van der Waals surface area contributed by atoms with Crippen LogP contribution in [0.15, 0.2) is 77.2 Å². The van der Waals surface area contributed by atoms with Gasteiger partial charge in [0, 0.05) is 16.8 Å². The molecule has 0 atom stereocenters. The molecular formula is C22H17N3O2S. The van der Waals surface area contributed by atoms with Gasteiger partial charge in [-0.2, -0.15) is 0 Å². The lowest BCUT2D eigenvalue weighted by atomic mass is 10.1. The highest BCUT2D eigenvalue weighted by Gasteiger charge is 2.10. The van der Waals surface area contributed by atoms with Gasteiger partial charge in [-0.05, 0) is 61.6 Å². The van der Waals surface area contributed by atoms with Crippen molar-refractivity contribution < 1.29 is 9.21 Å². The zero-order valence-electron chi connectivity index (χ0n) is 15.1. The minimum atomic E-state index is -0.253. The summed E-state index contributed by atoms with van der Waals surface area (Å²) in [7, 11) is 0. The van der Waals surface area contributed by atoms with E-state index < -0.39 is 0 Å². The molecule has 1 amide bonds. The monoisotopic (exact) mass is 387 g/mol. The number of aryl methyl sites for hydroxylation is 1. The minimum absolute atomic E-state index is 0.223. The topological polar surface area (TPSA) is 67.2 Å². The molecule has 5 nitrogen and oxygen atoms in total. The number of nitrogens with one attached hydrogen (secondary N) is 2. The second kappa shape index (κ2) is 7.62. The molecule has 138 valence electrons. The molecule has 0 saturated heterocycles. The van der Waals surface area contributed by atoms with Crippen molar-refractivity contribution in [3.8, 4) is 11.5 Å². The van der Waals surface area contributed by atoms with E-state index in [-0.39, 0.29) is 11.0 Å². The molecule has 2 N–H and O–H groups in total. The summed E-state index contributed by atoms with van der Waals surface area (Å²) >= 11 is 5.28. The first-order valence-electron chi connectivity index (χ1n) is 8.73. The maximum atomic E-state index is 12.3. The van der Waals surface area contributed by atoms with Crippen molar-refractivity contribution in [2.45, 2.75) is 6.92 Å². The van der Waals surface area contributed by atoms with Gasteiger partial charge in [0.05, 0.1) is 0 Å². The van der Waals surface area contributed by atoms with Gasteiger partial charge in [-0.25, -0.2) is 4.98 Å². The van der Waals surface area contributed by atoms with Gasteiger partial charge in [0.25, 0.3) is 5.91 Å². The zero-order chi connectivity index (χ0) is 19.5. The molecule has 3 aromatic carbocycles. The Bertz CT molecular complexity index is 1150. The van der Waals surface area contributed by atoms with E-state index in [2.05, 4.69) is 15.6 Å². The van der Waals surface area contributed by atoms with Gasteiger partial charge in [-0.3, -0.25) is 10.1 Å². The summed E-state index contributed by atoms with van der Waals surface area (Å²) in [6, 6.07) is 22.5. The molecule has 0 aliphatic carbocycles. The SMILES string of the molecule is Cc1cccc(C(=O)NC(=S)Nc2cccc(-c3nc4ccccc4o3)c2)c1. The molecule has 6 heteroatoms. The number of carbonyl (C=O) groups excluding carboxylic acids is 1. The number of hydrogen-bond acceptors (Lipinski definition) is 4. The van der Waals surface area contributed by atoms with E-state index in [0.29, 0.717) is 11.5 Å². The average Bonchev–Trinajstić information content (AvgIpc) is 3.12. The van der Waals surface area contributed by atoms with Crippen LogP contribution in [0, 0.1) is 6.92 Å². The molecule has 4 aromatic rings. The molecule has 28 heavy (non-hydrogen) atoms. The van der Waals surface area contributed by atoms with Crippen molar-refractivity contribution in [2.75, 3.05) is 5.32 Å². The Labute approximate surface area is 167 Å². The summed E-state index contributed by atoms with van der Waals surface area (Å²) in [5.74, 6) is 0.274. The summed E-state index contributed by atoms with van der Waals surface area (Å²) in [6.07, 6.45) is 0. The number of nitrogens with zero attached hydrogens (tertiary/aromatic N) is 1. The molecule has 0 spiro atoms. The Morgan fingerprint density at radius 2 is 1.82 bits per heavy atom. The highest BCUT2D eigenvalue weighted by molar-refractivity contribution is 7.80. The van der Waals surface area contributed by atoms with Crippen LogP contribution in [0.3, 0.4) is 0 Å². The normalized spacial score (nSPS) is 10.6. The molecule has 0 aliphatic rings. The van der Waals surface area contributed by atoms with Gasteiger partial charge < -0.3 is 9.73 Å². The Hall–Kier alpha value is -3.51. The lowest BCUT2D eigenvalue weighted by Gasteiger charge is -2.10. The van der Waals surface area contributed by atoms with E-state index in [9.17, 15) is 4.79 Å². The second-order valence-electron chi connectivity index (χ2n) is 6.35. The highest BCUT2D eigenvalue weighted by atomic mass is 32.1. The molecule has 0 radical (unpaired) electrons. The second-order valence-corrected chi connectivity index (χ2v) is 6.75. The maximum absolute atomic E-state index is 12.3. The summed E-state index contributed by atoms with van der Waals surface area (Å²) in [6.45, 7) is 1.94. The lowest BCUT2D eigenvalue weighted by Crippen LogP contribution is -2.34. The first kappa shape index (κ1) is 17.9. The molecule has 0 aliphatic heterocycles. The molecule has 0 bridgehead atoms. The van der Waals surface area contributed by atoms with Gasteiger partial charge in [-0.1, -0.05) is 35.9 Å². The predicted octanol–water partition coefficient (Wildman–Crippen LogP) is 4.93. The van der Waals surface area contributed by atoms with Crippen LogP contribution in [0.2, 0.25) is 0 Å². The van der Waals surface area contributed by atoms with Crippen LogP contribution < -0.4 is 10.6 Å². The molecule has 1 aromatic heterocycles. The summed E-state index contributed by atoms with van der Waals surface area (Å²) in [4.78, 5) is 16.8. The van der Waals surface area contributed by atoms with Crippen molar-refractivity contribution in [3.63, 3.8) is 0 Å². The largest absolute Gasteiger partial charge is 0.436 e. The average molecular weight is 387 g/mol. The first-order chi connectivity index (χ1) is 13.6. The van der Waals surface area contributed by atoms with Gasteiger partial charge in [0.1, 0.15) is 5.52 Å². The van der Waals surface area contributed by atoms with E-state index in [4.69, 9.17) is 16.6 Å². The number of aromatic nitrogens is 1. The standard InChI is InChI=1S/C22H17N3O2S/c1-14-6-4-7-15(12-14)20(26)25-22(28)23-17-9-5-8-16(13-17)21-24-18-10-2-3-11-19(18)27-21/h2-13H,1H3,(H2,23,25,26,28). The van der Waals surface area contributed by atoms with E-state index in [1.807, 2.05) is 73.7 Å². The first-order valence-corrected chi connectivity index (χ1v) is 9.14. The number of fused-ring (bicyclic) bond motifs is 1. The van der Waals surface area contributed by atoms with E-state index in [1.54, 1.807) is 6.07 Å². The predicted molar refractivity (Wildman–Crippen MR) is 114 cm³/mol. The van der Waals surface area contributed by atoms with Crippen LogP contribution in [0.5, 0.6) is 0 Å². The molecule has 0 saturated carbocycles. The van der Waals surface area contributed by atoms with Crippen molar-refractivity contribution in [1.82, 2.24) is 10.3 Å². The third-order valence-electron chi connectivity index (χ3n) is 4.17. The number of para-hydroxylation sites is 2. The molecule has 0 unspecified atom stereocenters. The van der Waals surface area contributed by atoms with Gasteiger partial charge >= 0.3 is 0 Å². The molecule has 1 heterocycles. The van der Waals surface area contributed by atoms with Crippen LogP contribution >= 0.6 is 12.2 Å². The smallest absolute Gasteiger partial charge is 0.257 e. The van der Waals surface area contributed by atoms with Gasteiger partial charge in [0.2, 0.25) is 5.89 Å². The number of amides is 1. The Kier molecular flexibility index (Phi) is 4.87. The summed E-state index contributed by atoms with van der Waals surface area (Å²) in [5.41, 5.74) is 4.65. The Morgan fingerprint density at radius 1 is 1.00 bits per heavy atom. The summed E-state index contributed by atoms with van der Waals surface area (Å²) < 4.78 is 5.81. The highest BCUT2D eigenvalue weighted by Crippen LogP contribution is 2.26. The van der Waals surface area contributed by atoms with Crippen LogP contribution in [0.4, 0.5) is 5.69 Å². The Morgan fingerprint density at radius 3 is 2.64 bits per heavy atom. The lowest BCUT2D eigenvalue weighted by molar-refractivity contribution is 0.0977. The number of carbonyl (C=O) groups is 1. The zero-order valence-corrected chi connectivity index (χ0v) is 15.9. The fourth-order valence-electron chi connectivity index (χ4n) is 2.85. The number of hydrogen-bond donors (Lipinski definition) is 2. The number of anilines is 1. The maximum Gasteiger partial charge on any atom is 0.257 e. The summed E-state index contributed by atoms with van der Waals surface area (Å²) in [5, 5.41) is 5.95. The molecular weight excluding hydrogens is 370 g/mol. The Balaban J connectivity index is 1.48. The van der Waals surface area contributed by atoms with Gasteiger partial charge in [0.15, 0.2) is 10.7 Å². The number of oxazole rings is 1. The fraction of sp³-hybridized carbons (Fsp3) is 0.0455. The van der Waals surface area contributed by atoms with Crippen molar-refractivity contribution in [3.05, 3.63) is 83.9 Å². The molecule has 0 fully saturated rings. The van der Waals surface area contributed by atoms with Crippen molar-refractivity contribution in [1.29, 1.82) is 0 Å². The number of thiocarbonyl (C=S) groups is 1. The fourth-order valence-corrected chi connectivity index (χ4v) is 3.06. The van der Waals surface area contributed by atoms with E-state index in [1.165, 1.54) is 0 Å². The number of benzene rings is 3. The van der Waals surface area contributed by atoms with E-state index in [0.717, 1.165) is 27.9 Å². The van der Waals surface area contributed by atoms with Gasteiger partial charge in [-0.15, -0.1) is 0 Å². The van der Waals surface area contributed by atoms with Crippen LogP contribution in [0.1, 0.15) is 15.9 Å².